The molecule has 0 fully saturated rings. The van der Waals surface area contributed by atoms with Gasteiger partial charge in [-0.25, -0.2) is 0 Å². The van der Waals surface area contributed by atoms with Gasteiger partial charge in [-0.15, -0.1) is 11.8 Å². The smallest absolute Gasteiger partial charge is 0.233 e. The molecule has 0 saturated carbocycles. The van der Waals surface area contributed by atoms with Crippen molar-refractivity contribution >= 4 is 23.6 Å². The molecule has 0 bridgehead atoms. The zero-order valence-electron chi connectivity index (χ0n) is 11.6. The zero-order chi connectivity index (χ0) is 14.5. The number of hydrogen-bond acceptors (Lipinski definition) is 3. The predicted molar refractivity (Wildman–Crippen MR) is 78.6 cm³/mol. The minimum absolute atomic E-state index is 0.0955. The highest BCUT2D eigenvalue weighted by Gasteiger charge is 2.34. The van der Waals surface area contributed by atoms with Crippen LogP contribution < -0.4 is 5.73 Å². The molecular formula is C14H20N2O2S. The van der Waals surface area contributed by atoms with Crippen molar-refractivity contribution in [2.24, 2.45) is 5.73 Å². The Balaban J connectivity index is 2.72. The number of amides is 2. The van der Waals surface area contributed by atoms with Crippen molar-refractivity contribution in [3.63, 3.8) is 0 Å². The van der Waals surface area contributed by atoms with Gasteiger partial charge in [0.15, 0.2) is 0 Å². The first-order valence-corrected chi connectivity index (χ1v) is 7.01. The third-order valence-corrected chi connectivity index (χ3v) is 4.37. The molecule has 0 spiro atoms. The van der Waals surface area contributed by atoms with E-state index in [1.54, 1.807) is 21.0 Å². The summed E-state index contributed by atoms with van der Waals surface area (Å²) in [6.45, 7) is 1.73. The molecule has 19 heavy (non-hydrogen) atoms. The van der Waals surface area contributed by atoms with E-state index in [4.69, 9.17) is 5.73 Å². The molecule has 0 saturated heterocycles. The molecule has 1 atom stereocenters. The van der Waals surface area contributed by atoms with Crippen molar-refractivity contribution in [2.75, 3.05) is 14.1 Å². The van der Waals surface area contributed by atoms with Gasteiger partial charge in [0.1, 0.15) is 4.75 Å². The third kappa shape index (κ3) is 4.59. The minimum atomic E-state index is -0.878. The van der Waals surface area contributed by atoms with Gasteiger partial charge >= 0.3 is 0 Å². The van der Waals surface area contributed by atoms with Crippen LogP contribution in [0.1, 0.15) is 18.9 Å². The van der Waals surface area contributed by atoms with E-state index < -0.39 is 10.7 Å². The molecule has 1 aromatic rings. The van der Waals surface area contributed by atoms with Crippen molar-refractivity contribution < 1.29 is 9.59 Å². The summed E-state index contributed by atoms with van der Waals surface area (Å²) in [6.07, 6.45) is 0.118. The summed E-state index contributed by atoms with van der Waals surface area (Å²) in [5.74, 6) is 0.103. The largest absolute Gasteiger partial charge is 0.368 e. The van der Waals surface area contributed by atoms with Crippen LogP contribution >= 0.6 is 11.8 Å². The van der Waals surface area contributed by atoms with Gasteiger partial charge in [0.25, 0.3) is 0 Å². The van der Waals surface area contributed by atoms with Gasteiger partial charge < -0.3 is 10.6 Å². The second-order valence-corrected chi connectivity index (χ2v) is 6.31. The molecule has 2 amide bonds. The number of thioether (sulfide) groups is 1. The molecule has 0 aliphatic carbocycles. The number of primary amides is 1. The monoisotopic (exact) mass is 280 g/mol. The van der Waals surface area contributed by atoms with E-state index in [2.05, 4.69) is 0 Å². The summed E-state index contributed by atoms with van der Waals surface area (Å²) >= 11 is 1.41. The van der Waals surface area contributed by atoms with Crippen molar-refractivity contribution in [1.29, 1.82) is 0 Å². The quantitative estimate of drug-likeness (QED) is 0.861. The Bertz CT molecular complexity index is 448. The molecule has 4 nitrogen and oxygen atoms in total. The van der Waals surface area contributed by atoms with Gasteiger partial charge in [-0.1, -0.05) is 30.3 Å². The zero-order valence-corrected chi connectivity index (χ0v) is 12.4. The van der Waals surface area contributed by atoms with Crippen molar-refractivity contribution in [1.82, 2.24) is 4.90 Å². The van der Waals surface area contributed by atoms with E-state index in [9.17, 15) is 9.59 Å². The number of carbonyl (C=O) groups excluding carboxylic acids is 2. The second-order valence-electron chi connectivity index (χ2n) is 4.83. The van der Waals surface area contributed by atoms with Gasteiger partial charge in [0.2, 0.25) is 11.8 Å². The molecule has 0 heterocycles. The number of benzene rings is 1. The highest BCUT2D eigenvalue weighted by atomic mass is 32.2. The van der Waals surface area contributed by atoms with Crippen LogP contribution in [0.4, 0.5) is 0 Å². The number of carbonyl (C=O) groups is 2. The molecule has 1 rings (SSSR count). The molecule has 0 aliphatic rings. The maximum absolute atomic E-state index is 11.8. The minimum Gasteiger partial charge on any atom is -0.368 e. The molecule has 104 valence electrons. The van der Waals surface area contributed by atoms with Gasteiger partial charge in [-0.2, -0.15) is 0 Å². The lowest BCUT2D eigenvalue weighted by Crippen LogP contribution is -2.42. The number of nitrogens with two attached hydrogens (primary N) is 1. The Labute approximate surface area is 118 Å². The van der Waals surface area contributed by atoms with Crippen LogP contribution in [-0.4, -0.2) is 35.6 Å². The normalized spacial score (nSPS) is 13.6. The van der Waals surface area contributed by atoms with Crippen molar-refractivity contribution in [2.45, 2.75) is 23.8 Å². The Morgan fingerprint density at radius 3 is 2.32 bits per heavy atom. The topological polar surface area (TPSA) is 63.4 Å². The van der Waals surface area contributed by atoms with Gasteiger partial charge in [0.05, 0.1) is 6.42 Å². The number of hydrogen-bond donors (Lipinski definition) is 1. The lowest BCUT2D eigenvalue weighted by Gasteiger charge is -2.26. The van der Waals surface area contributed by atoms with E-state index in [1.807, 2.05) is 30.3 Å². The van der Waals surface area contributed by atoms with E-state index in [1.165, 1.54) is 16.7 Å². The highest BCUT2D eigenvalue weighted by Crippen LogP contribution is 2.32. The predicted octanol–water partition coefficient (Wildman–Crippen LogP) is 1.64. The first-order valence-electron chi connectivity index (χ1n) is 6.03. The molecule has 5 heteroatoms. The second kappa shape index (κ2) is 6.61. The molecule has 1 unspecified atom stereocenters. The Kier molecular flexibility index (Phi) is 5.42. The van der Waals surface area contributed by atoms with Crippen LogP contribution in [-0.2, 0) is 15.3 Å². The Morgan fingerprint density at radius 1 is 1.26 bits per heavy atom. The maximum Gasteiger partial charge on any atom is 0.233 e. The number of nitrogens with zero attached hydrogens (tertiary/aromatic N) is 1. The van der Waals surface area contributed by atoms with E-state index in [0.29, 0.717) is 5.75 Å². The van der Waals surface area contributed by atoms with Crippen LogP contribution in [0, 0.1) is 0 Å². The summed E-state index contributed by atoms with van der Waals surface area (Å²) in [5.41, 5.74) is 6.56. The van der Waals surface area contributed by atoms with E-state index in [-0.39, 0.29) is 12.3 Å². The molecule has 0 aromatic heterocycles. The third-order valence-electron chi connectivity index (χ3n) is 2.91. The van der Waals surface area contributed by atoms with Crippen LogP contribution in [0.3, 0.4) is 0 Å². The van der Waals surface area contributed by atoms with Crippen molar-refractivity contribution in [3.8, 4) is 0 Å². The fraction of sp³-hybridized carbons (Fsp3) is 0.429. The lowest BCUT2D eigenvalue weighted by molar-refractivity contribution is -0.132. The van der Waals surface area contributed by atoms with E-state index in [0.717, 1.165) is 5.56 Å². The Hall–Kier alpha value is -1.49. The number of rotatable bonds is 6. The van der Waals surface area contributed by atoms with Crippen molar-refractivity contribution in [3.05, 3.63) is 35.9 Å². The fourth-order valence-electron chi connectivity index (χ4n) is 1.47. The SMILES string of the molecule is CN(C)C(=O)CC(C)(SCc1ccccc1)C(N)=O. The van der Waals surface area contributed by atoms with Crippen LogP contribution in [0.15, 0.2) is 30.3 Å². The first kappa shape index (κ1) is 15.6. The van der Waals surface area contributed by atoms with E-state index >= 15 is 0 Å². The fourth-order valence-corrected chi connectivity index (χ4v) is 2.52. The highest BCUT2D eigenvalue weighted by molar-refractivity contribution is 8.00. The molecule has 2 N–H and O–H groups in total. The summed E-state index contributed by atoms with van der Waals surface area (Å²) in [4.78, 5) is 24.9. The maximum atomic E-state index is 11.8. The Morgan fingerprint density at radius 2 is 1.84 bits per heavy atom. The summed E-state index contributed by atoms with van der Waals surface area (Å²) in [7, 11) is 3.34. The lowest BCUT2D eigenvalue weighted by atomic mass is 10.1. The molecule has 0 aliphatic heterocycles. The average molecular weight is 280 g/mol. The average Bonchev–Trinajstić information content (AvgIpc) is 2.37. The molecule has 0 radical (unpaired) electrons. The first-order chi connectivity index (χ1) is 8.85. The van der Waals surface area contributed by atoms with Gasteiger partial charge in [-0.3, -0.25) is 9.59 Å². The summed E-state index contributed by atoms with van der Waals surface area (Å²) in [5, 5.41) is 0. The van der Waals surface area contributed by atoms with Crippen LogP contribution in [0.5, 0.6) is 0 Å². The van der Waals surface area contributed by atoms with Crippen LogP contribution in [0.25, 0.3) is 0 Å². The van der Waals surface area contributed by atoms with Crippen LogP contribution in [0.2, 0.25) is 0 Å². The van der Waals surface area contributed by atoms with Gasteiger partial charge in [0, 0.05) is 19.8 Å². The summed E-state index contributed by atoms with van der Waals surface area (Å²) in [6, 6.07) is 9.81. The summed E-state index contributed by atoms with van der Waals surface area (Å²) < 4.78 is -0.878. The van der Waals surface area contributed by atoms with Gasteiger partial charge in [-0.05, 0) is 12.5 Å². The standard InChI is InChI=1S/C14H20N2O2S/c1-14(13(15)18,9-12(17)16(2)3)19-10-11-7-5-4-6-8-11/h4-8H,9-10H2,1-3H3,(H2,15,18). The molecular weight excluding hydrogens is 260 g/mol. The molecule has 1 aromatic carbocycles.